The van der Waals surface area contributed by atoms with Crippen LogP contribution in [0.2, 0.25) is 0 Å². The van der Waals surface area contributed by atoms with Gasteiger partial charge in [-0.3, -0.25) is 0 Å². The lowest BCUT2D eigenvalue weighted by Gasteiger charge is -2.10. The number of benzene rings is 2. The van der Waals surface area contributed by atoms with E-state index in [4.69, 9.17) is 14.2 Å². The summed E-state index contributed by atoms with van der Waals surface area (Å²) in [6.07, 6.45) is 0. The Bertz CT molecular complexity index is 939. The summed E-state index contributed by atoms with van der Waals surface area (Å²) < 4.78 is 16.2. The van der Waals surface area contributed by atoms with Crippen LogP contribution in [-0.2, 0) is 11.3 Å². The van der Waals surface area contributed by atoms with Crippen LogP contribution < -0.4 is 14.8 Å². The van der Waals surface area contributed by atoms with Gasteiger partial charge in [-0.25, -0.2) is 9.78 Å². The van der Waals surface area contributed by atoms with E-state index in [0.29, 0.717) is 22.8 Å². The molecular formula is C20H20N2O4S. The Kier molecular flexibility index (Phi) is 5.93. The minimum atomic E-state index is -0.395. The average molecular weight is 384 g/mol. The second-order valence-electron chi connectivity index (χ2n) is 5.56. The molecule has 140 valence electrons. The van der Waals surface area contributed by atoms with E-state index >= 15 is 0 Å². The molecule has 0 aliphatic heterocycles. The number of rotatable bonds is 7. The fourth-order valence-electron chi connectivity index (χ4n) is 2.65. The third-order valence-electron chi connectivity index (χ3n) is 3.95. The number of hydrogen-bond donors (Lipinski definition) is 1. The predicted octanol–water partition coefficient (Wildman–Crippen LogP) is 4.23. The molecule has 0 saturated heterocycles. The van der Waals surface area contributed by atoms with E-state index in [0.717, 1.165) is 16.3 Å². The van der Waals surface area contributed by atoms with Crippen LogP contribution in [0.4, 0.5) is 5.69 Å². The zero-order valence-electron chi connectivity index (χ0n) is 15.3. The van der Waals surface area contributed by atoms with Crippen molar-refractivity contribution < 1.29 is 19.0 Å². The van der Waals surface area contributed by atoms with Crippen LogP contribution in [0.5, 0.6) is 11.5 Å². The quantitative estimate of drug-likeness (QED) is 0.615. The van der Waals surface area contributed by atoms with E-state index in [1.54, 1.807) is 33.4 Å². The van der Waals surface area contributed by atoms with Crippen molar-refractivity contribution in [2.45, 2.75) is 6.61 Å². The van der Waals surface area contributed by atoms with Crippen molar-refractivity contribution in [1.82, 2.24) is 4.98 Å². The standard InChI is InChI=1S/C20H20N2O4S/c1-21-16-9-5-4-7-14(16)20(23)26-11-13-12-27-19(22-13)15-8-6-10-17(24-2)18(15)25-3/h4-10,12,21H,11H2,1-3H3. The van der Waals surface area contributed by atoms with E-state index in [9.17, 15) is 4.79 Å². The van der Waals surface area contributed by atoms with Crippen molar-refractivity contribution in [2.75, 3.05) is 26.6 Å². The van der Waals surface area contributed by atoms with Crippen molar-refractivity contribution in [3.05, 3.63) is 59.1 Å². The van der Waals surface area contributed by atoms with Crippen LogP contribution in [0.25, 0.3) is 10.6 Å². The van der Waals surface area contributed by atoms with E-state index < -0.39 is 5.97 Å². The number of esters is 1. The topological polar surface area (TPSA) is 69.7 Å². The maximum atomic E-state index is 12.3. The first-order valence-electron chi connectivity index (χ1n) is 8.27. The number of carbonyl (C=O) groups is 1. The molecule has 7 heteroatoms. The largest absolute Gasteiger partial charge is 0.493 e. The van der Waals surface area contributed by atoms with Crippen LogP contribution in [-0.4, -0.2) is 32.2 Å². The molecule has 1 N–H and O–H groups in total. The van der Waals surface area contributed by atoms with Crippen LogP contribution >= 0.6 is 11.3 Å². The lowest BCUT2D eigenvalue weighted by Crippen LogP contribution is -2.08. The number of para-hydroxylation sites is 2. The highest BCUT2D eigenvalue weighted by atomic mass is 32.1. The maximum Gasteiger partial charge on any atom is 0.340 e. The first kappa shape index (κ1) is 18.7. The Balaban J connectivity index is 1.75. The molecule has 3 aromatic rings. The molecule has 0 atom stereocenters. The fourth-order valence-corrected chi connectivity index (χ4v) is 3.47. The van der Waals surface area contributed by atoms with Gasteiger partial charge in [0.05, 0.1) is 31.0 Å². The Labute approximate surface area is 161 Å². The number of hydrogen-bond acceptors (Lipinski definition) is 7. The summed E-state index contributed by atoms with van der Waals surface area (Å²) in [4.78, 5) is 16.9. The Morgan fingerprint density at radius 3 is 2.67 bits per heavy atom. The highest BCUT2D eigenvalue weighted by molar-refractivity contribution is 7.13. The van der Waals surface area contributed by atoms with Gasteiger partial charge in [-0.15, -0.1) is 11.3 Å². The zero-order valence-corrected chi connectivity index (χ0v) is 16.1. The van der Waals surface area contributed by atoms with Gasteiger partial charge in [0.15, 0.2) is 11.5 Å². The minimum absolute atomic E-state index is 0.0969. The molecule has 0 unspecified atom stereocenters. The molecular weight excluding hydrogens is 364 g/mol. The van der Waals surface area contributed by atoms with Crippen molar-refractivity contribution >= 4 is 23.0 Å². The summed E-state index contributed by atoms with van der Waals surface area (Å²) in [7, 11) is 4.95. The van der Waals surface area contributed by atoms with Crippen molar-refractivity contribution in [3.8, 4) is 22.1 Å². The predicted molar refractivity (Wildman–Crippen MR) is 106 cm³/mol. The number of thiazole rings is 1. The van der Waals surface area contributed by atoms with Gasteiger partial charge >= 0.3 is 5.97 Å². The molecule has 0 fully saturated rings. The van der Waals surface area contributed by atoms with Crippen LogP contribution in [0.1, 0.15) is 16.1 Å². The maximum absolute atomic E-state index is 12.3. The molecule has 0 amide bonds. The second-order valence-corrected chi connectivity index (χ2v) is 6.41. The van der Waals surface area contributed by atoms with Gasteiger partial charge in [-0.1, -0.05) is 18.2 Å². The Hall–Kier alpha value is -3.06. The average Bonchev–Trinajstić information content (AvgIpc) is 3.20. The van der Waals surface area contributed by atoms with Crippen LogP contribution in [0, 0.1) is 0 Å². The number of nitrogens with zero attached hydrogens (tertiary/aromatic N) is 1. The minimum Gasteiger partial charge on any atom is -0.493 e. The fraction of sp³-hybridized carbons (Fsp3) is 0.200. The molecule has 3 rings (SSSR count). The zero-order chi connectivity index (χ0) is 19.2. The molecule has 0 radical (unpaired) electrons. The first-order chi connectivity index (χ1) is 13.2. The van der Waals surface area contributed by atoms with E-state index in [2.05, 4.69) is 10.3 Å². The van der Waals surface area contributed by atoms with Gasteiger partial charge in [0.2, 0.25) is 0 Å². The van der Waals surface area contributed by atoms with Crippen molar-refractivity contribution in [2.24, 2.45) is 0 Å². The van der Waals surface area contributed by atoms with E-state index in [1.165, 1.54) is 11.3 Å². The number of methoxy groups -OCH3 is 2. The number of anilines is 1. The van der Waals surface area contributed by atoms with Gasteiger partial charge in [0, 0.05) is 18.1 Å². The van der Waals surface area contributed by atoms with Gasteiger partial charge < -0.3 is 19.5 Å². The highest BCUT2D eigenvalue weighted by Crippen LogP contribution is 2.39. The Morgan fingerprint density at radius 2 is 1.93 bits per heavy atom. The highest BCUT2D eigenvalue weighted by Gasteiger charge is 2.16. The summed E-state index contributed by atoms with van der Waals surface area (Å²) >= 11 is 1.46. The van der Waals surface area contributed by atoms with Gasteiger partial charge in [0.25, 0.3) is 0 Å². The summed E-state index contributed by atoms with van der Waals surface area (Å²) in [5, 5.41) is 5.62. The summed E-state index contributed by atoms with van der Waals surface area (Å²) in [5.74, 6) is 0.871. The van der Waals surface area contributed by atoms with Gasteiger partial charge in [-0.05, 0) is 24.3 Å². The number of ether oxygens (including phenoxy) is 3. The van der Waals surface area contributed by atoms with Crippen LogP contribution in [0.15, 0.2) is 47.8 Å². The SMILES string of the molecule is CNc1ccccc1C(=O)OCc1csc(-c2cccc(OC)c2OC)n1. The summed E-state index contributed by atoms with van der Waals surface area (Å²) in [6.45, 7) is 0.0969. The summed E-state index contributed by atoms with van der Waals surface area (Å²) in [5.41, 5.74) is 2.72. The van der Waals surface area contributed by atoms with Crippen LogP contribution in [0.3, 0.4) is 0 Å². The number of carbonyl (C=O) groups excluding carboxylic acids is 1. The normalized spacial score (nSPS) is 10.3. The lowest BCUT2D eigenvalue weighted by atomic mass is 10.2. The molecule has 0 spiro atoms. The molecule has 1 heterocycles. The van der Waals surface area contributed by atoms with Crippen molar-refractivity contribution in [1.29, 1.82) is 0 Å². The third kappa shape index (κ3) is 4.03. The van der Waals surface area contributed by atoms with E-state index in [-0.39, 0.29) is 6.61 Å². The lowest BCUT2D eigenvalue weighted by molar-refractivity contribution is 0.0469. The number of aromatic nitrogens is 1. The van der Waals surface area contributed by atoms with Crippen molar-refractivity contribution in [3.63, 3.8) is 0 Å². The second kappa shape index (κ2) is 8.55. The molecule has 27 heavy (non-hydrogen) atoms. The molecule has 0 aliphatic rings. The molecule has 0 aliphatic carbocycles. The number of nitrogens with one attached hydrogen (secondary N) is 1. The Morgan fingerprint density at radius 1 is 1.11 bits per heavy atom. The van der Waals surface area contributed by atoms with Gasteiger partial charge in [-0.2, -0.15) is 0 Å². The monoisotopic (exact) mass is 384 g/mol. The first-order valence-corrected chi connectivity index (χ1v) is 9.15. The molecule has 1 aromatic heterocycles. The third-order valence-corrected chi connectivity index (χ3v) is 4.88. The van der Waals surface area contributed by atoms with E-state index in [1.807, 2.05) is 35.7 Å². The molecule has 0 bridgehead atoms. The molecule has 0 saturated carbocycles. The molecule has 6 nitrogen and oxygen atoms in total. The summed E-state index contributed by atoms with van der Waals surface area (Å²) in [6, 6.07) is 12.8. The molecule has 2 aromatic carbocycles. The smallest absolute Gasteiger partial charge is 0.340 e. The van der Waals surface area contributed by atoms with Gasteiger partial charge in [0.1, 0.15) is 11.6 Å².